The molecule has 0 fully saturated rings. The van der Waals surface area contributed by atoms with Gasteiger partial charge in [0.05, 0.1) is 28.4 Å². The Kier molecular flexibility index (Phi) is 29.9. The van der Waals surface area contributed by atoms with Crippen LogP contribution in [-0.2, 0) is 38.1 Å². The molecule has 0 saturated heterocycles. The lowest BCUT2D eigenvalue weighted by atomic mass is 10.7. The number of ether oxygens (including phenoxy) is 4. The zero-order valence-corrected chi connectivity index (χ0v) is 14.4. The first-order valence-electron chi connectivity index (χ1n) is 6.05. The Hall–Kier alpha value is -3.16. The van der Waals surface area contributed by atoms with E-state index in [1.165, 1.54) is 28.4 Å². The van der Waals surface area contributed by atoms with Gasteiger partial charge in [-0.3, -0.25) is 0 Å². The third-order valence-corrected chi connectivity index (χ3v) is 1.47. The summed E-state index contributed by atoms with van der Waals surface area (Å²) in [6.45, 7) is 12.6. The minimum absolute atomic E-state index is 0.394. The van der Waals surface area contributed by atoms with Gasteiger partial charge in [0, 0.05) is 24.3 Å². The first-order valence-corrected chi connectivity index (χ1v) is 6.05. The van der Waals surface area contributed by atoms with E-state index in [4.69, 9.17) is 0 Å². The van der Waals surface area contributed by atoms with E-state index < -0.39 is 23.9 Å². The van der Waals surface area contributed by atoms with Gasteiger partial charge in [-0.15, -0.1) is 0 Å². The lowest BCUT2D eigenvalue weighted by molar-refractivity contribution is -0.135. The van der Waals surface area contributed by atoms with E-state index in [1.54, 1.807) is 0 Å². The van der Waals surface area contributed by atoms with E-state index in [0.717, 1.165) is 24.3 Å². The van der Waals surface area contributed by atoms with Crippen LogP contribution in [0.2, 0.25) is 0 Å². The summed E-state index contributed by atoms with van der Waals surface area (Å²) in [4.78, 5) is 39.4. The van der Waals surface area contributed by atoms with Crippen molar-refractivity contribution in [1.29, 1.82) is 0 Å². The molecule has 0 aliphatic carbocycles. The maximum Gasteiger partial charge on any atom is 0.329 e. The van der Waals surface area contributed by atoms with Gasteiger partial charge < -0.3 is 18.9 Å². The van der Waals surface area contributed by atoms with Crippen molar-refractivity contribution in [2.24, 2.45) is 0 Å². The zero-order valence-electron chi connectivity index (χ0n) is 14.4. The quantitative estimate of drug-likeness (QED) is 0.428. The van der Waals surface area contributed by atoms with Crippen LogP contribution in [0.4, 0.5) is 0 Å². The molecule has 24 heavy (non-hydrogen) atoms. The van der Waals surface area contributed by atoms with Crippen LogP contribution in [0.5, 0.6) is 0 Å². The summed E-state index contributed by atoms with van der Waals surface area (Å²) in [5.74, 6) is -1.57. The molecule has 0 aromatic carbocycles. The molecule has 0 aromatic rings. The van der Waals surface area contributed by atoms with Crippen molar-refractivity contribution in [3.05, 3.63) is 50.6 Å². The molecule has 0 bridgehead atoms. The summed E-state index contributed by atoms with van der Waals surface area (Å²) in [5.41, 5.74) is 0. The highest BCUT2D eigenvalue weighted by Crippen LogP contribution is 1.69. The Balaban J connectivity index is -0.000000111. The summed E-state index contributed by atoms with van der Waals surface area (Å²) in [7, 11) is 5.24. The van der Waals surface area contributed by atoms with Gasteiger partial charge >= 0.3 is 23.9 Å². The number of rotatable bonds is 4. The van der Waals surface area contributed by atoms with Crippen LogP contribution >= 0.6 is 0 Å². The molecular weight excluding hydrogens is 320 g/mol. The van der Waals surface area contributed by atoms with Gasteiger partial charge in [0.1, 0.15) is 0 Å². The fourth-order valence-corrected chi connectivity index (χ4v) is 0.333. The topological polar surface area (TPSA) is 105 Å². The normalized spacial score (nSPS) is 6.83. The lowest BCUT2D eigenvalue weighted by Crippen LogP contribution is -1.91. The molecule has 0 radical (unpaired) electrons. The zero-order chi connectivity index (χ0) is 20.0. The number of carbonyl (C=O) groups excluding carboxylic acids is 4. The molecule has 8 heteroatoms. The van der Waals surface area contributed by atoms with Gasteiger partial charge in [0.15, 0.2) is 0 Å². The molecule has 0 unspecified atom stereocenters. The highest BCUT2D eigenvalue weighted by molar-refractivity contribution is 5.81. The number of hydrogen-bond acceptors (Lipinski definition) is 8. The first kappa shape index (κ1) is 28.9. The van der Waals surface area contributed by atoms with Gasteiger partial charge in [-0.25, -0.2) is 19.2 Å². The molecular formula is C16H24O8. The molecule has 0 aliphatic rings. The Morgan fingerprint density at radius 3 is 0.625 bits per heavy atom. The molecule has 0 spiro atoms. The van der Waals surface area contributed by atoms with Gasteiger partial charge in [-0.1, -0.05) is 26.3 Å². The number of hydrogen-bond donors (Lipinski definition) is 0. The standard InChI is InChI=1S/4C4H6O2/c4*1-3-4(5)6-2/h4*3H,1H2,2H3. The predicted octanol–water partition coefficient (Wildman–Crippen LogP) is 1.38. The van der Waals surface area contributed by atoms with E-state index in [9.17, 15) is 19.2 Å². The van der Waals surface area contributed by atoms with Crippen molar-refractivity contribution >= 4 is 23.9 Å². The lowest BCUT2D eigenvalue weighted by Gasteiger charge is -1.83. The molecule has 136 valence electrons. The summed E-state index contributed by atoms with van der Waals surface area (Å²) in [5, 5.41) is 0. The molecule has 0 heterocycles. The third kappa shape index (κ3) is 36.4. The van der Waals surface area contributed by atoms with Crippen molar-refractivity contribution in [2.45, 2.75) is 0 Å². The van der Waals surface area contributed by atoms with E-state index in [-0.39, 0.29) is 0 Å². The molecule has 0 rings (SSSR count). The largest absolute Gasteiger partial charge is 0.466 e. The smallest absolute Gasteiger partial charge is 0.329 e. The summed E-state index contributed by atoms with van der Waals surface area (Å²) in [6, 6.07) is 0. The second-order valence-electron chi connectivity index (χ2n) is 2.91. The maximum atomic E-state index is 9.84. The number of esters is 4. The minimum Gasteiger partial charge on any atom is -0.466 e. The molecule has 0 amide bonds. The van der Waals surface area contributed by atoms with Crippen molar-refractivity contribution in [3.8, 4) is 0 Å². The van der Waals surface area contributed by atoms with E-state index in [0.29, 0.717) is 0 Å². The van der Waals surface area contributed by atoms with Crippen LogP contribution in [0.3, 0.4) is 0 Å². The fourth-order valence-electron chi connectivity index (χ4n) is 0.333. The van der Waals surface area contributed by atoms with Crippen LogP contribution in [0.25, 0.3) is 0 Å². The highest BCUT2D eigenvalue weighted by Gasteiger charge is 1.83. The second-order valence-corrected chi connectivity index (χ2v) is 2.91. The predicted molar refractivity (Wildman–Crippen MR) is 88.9 cm³/mol. The second kappa shape index (κ2) is 24.8. The van der Waals surface area contributed by atoms with Gasteiger partial charge in [0.2, 0.25) is 0 Å². The van der Waals surface area contributed by atoms with Crippen LogP contribution in [-0.4, -0.2) is 52.3 Å². The molecule has 8 nitrogen and oxygen atoms in total. The molecule has 0 atom stereocenters. The maximum absolute atomic E-state index is 9.84. The van der Waals surface area contributed by atoms with E-state index >= 15 is 0 Å². The first-order chi connectivity index (χ1) is 11.2. The third-order valence-electron chi connectivity index (χ3n) is 1.47. The minimum atomic E-state index is -0.394. The summed E-state index contributed by atoms with van der Waals surface area (Å²) in [6.07, 6.45) is 4.44. The molecule has 0 N–H and O–H groups in total. The Labute approximate surface area is 142 Å². The Bertz CT molecular complexity index is 344. The molecule has 0 saturated carbocycles. The summed E-state index contributed by atoms with van der Waals surface area (Å²) >= 11 is 0. The average molecular weight is 344 g/mol. The molecule has 0 aliphatic heterocycles. The van der Waals surface area contributed by atoms with Gasteiger partial charge in [-0.2, -0.15) is 0 Å². The van der Waals surface area contributed by atoms with Crippen molar-refractivity contribution in [3.63, 3.8) is 0 Å². The van der Waals surface area contributed by atoms with Crippen molar-refractivity contribution in [1.82, 2.24) is 0 Å². The Morgan fingerprint density at radius 1 is 0.500 bits per heavy atom. The van der Waals surface area contributed by atoms with Crippen molar-refractivity contribution in [2.75, 3.05) is 28.4 Å². The van der Waals surface area contributed by atoms with Crippen molar-refractivity contribution < 1.29 is 38.1 Å². The fraction of sp³-hybridized carbons (Fsp3) is 0.250. The van der Waals surface area contributed by atoms with Gasteiger partial charge in [0.25, 0.3) is 0 Å². The van der Waals surface area contributed by atoms with Gasteiger partial charge in [-0.05, 0) is 0 Å². The SMILES string of the molecule is C=CC(=O)OC.C=CC(=O)OC.C=CC(=O)OC.C=CC(=O)OC. The van der Waals surface area contributed by atoms with E-state index in [1.807, 2.05) is 0 Å². The highest BCUT2D eigenvalue weighted by atomic mass is 16.5. The Morgan fingerprint density at radius 2 is 0.625 bits per heavy atom. The number of carbonyl (C=O) groups is 4. The van der Waals surface area contributed by atoms with Crippen LogP contribution in [0.15, 0.2) is 50.6 Å². The molecule has 0 aromatic heterocycles. The monoisotopic (exact) mass is 344 g/mol. The average Bonchev–Trinajstić information content (AvgIpc) is 2.66. The van der Waals surface area contributed by atoms with Crippen LogP contribution < -0.4 is 0 Å². The number of methoxy groups -OCH3 is 4. The van der Waals surface area contributed by atoms with Crippen LogP contribution in [0, 0.1) is 0 Å². The van der Waals surface area contributed by atoms with Crippen LogP contribution in [0.1, 0.15) is 0 Å². The van der Waals surface area contributed by atoms with E-state index in [2.05, 4.69) is 45.3 Å². The summed E-state index contributed by atoms with van der Waals surface area (Å²) < 4.78 is 16.6.